The summed E-state index contributed by atoms with van der Waals surface area (Å²) in [4.78, 5) is 12.5. The molecular formula is C20H23FN2O4S. The maximum absolute atomic E-state index is 12.8. The van der Waals surface area contributed by atoms with Crippen LogP contribution in [0.25, 0.3) is 0 Å². The largest absolute Gasteiger partial charge is 0.492 e. The van der Waals surface area contributed by atoms with E-state index in [0.717, 1.165) is 19.3 Å². The Hall–Kier alpha value is -2.45. The normalized spacial score (nSPS) is 15.2. The zero-order valence-electron chi connectivity index (χ0n) is 15.4. The summed E-state index contributed by atoms with van der Waals surface area (Å²) < 4.78 is 45.2. The van der Waals surface area contributed by atoms with E-state index in [9.17, 15) is 17.6 Å². The highest BCUT2D eigenvalue weighted by Crippen LogP contribution is 2.21. The number of carbonyl (C=O) groups excluding carboxylic acids is 1. The molecule has 0 spiro atoms. The number of rotatable bonds is 7. The minimum absolute atomic E-state index is 0.129. The van der Waals surface area contributed by atoms with Crippen molar-refractivity contribution in [2.24, 2.45) is 0 Å². The van der Waals surface area contributed by atoms with Crippen molar-refractivity contribution in [3.8, 4) is 5.75 Å². The molecule has 150 valence electrons. The fourth-order valence-electron chi connectivity index (χ4n) is 3.02. The molecule has 0 aliphatic carbocycles. The van der Waals surface area contributed by atoms with Crippen LogP contribution in [0.1, 0.15) is 29.6 Å². The molecule has 1 aliphatic heterocycles. The number of nitrogens with zero attached hydrogens (tertiary/aromatic N) is 1. The fourth-order valence-corrected chi connectivity index (χ4v) is 4.58. The van der Waals surface area contributed by atoms with Gasteiger partial charge in [0.2, 0.25) is 10.0 Å². The number of sulfonamides is 1. The Morgan fingerprint density at radius 2 is 1.79 bits per heavy atom. The van der Waals surface area contributed by atoms with E-state index in [1.807, 2.05) is 0 Å². The Labute approximate surface area is 164 Å². The minimum atomic E-state index is -3.58. The third-order valence-corrected chi connectivity index (χ3v) is 6.41. The van der Waals surface area contributed by atoms with Crippen LogP contribution in [0, 0.1) is 5.82 Å². The molecule has 2 aromatic rings. The third kappa shape index (κ3) is 5.08. The van der Waals surface area contributed by atoms with Gasteiger partial charge in [0.15, 0.2) is 0 Å². The fraction of sp³-hybridized carbons (Fsp3) is 0.350. The average molecular weight is 406 g/mol. The molecule has 28 heavy (non-hydrogen) atoms. The summed E-state index contributed by atoms with van der Waals surface area (Å²) in [5, 5.41) is 2.69. The highest BCUT2D eigenvalue weighted by molar-refractivity contribution is 7.89. The van der Waals surface area contributed by atoms with Crippen LogP contribution in [0.15, 0.2) is 53.4 Å². The van der Waals surface area contributed by atoms with Crippen molar-refractivity contribution in [1.82, 2.24) is 9.62 Å². The lowest BCUT2D eigenvalue weighted by Crippen LogP contribution is -2.35. The highest BCUT2D eigenvalue weighted by atomic mass is 32.2. The van der Waals surface area contributed by atoms with Crippen LogP contribution in [-0.4, -0.2) is 44.9 Å². The van der Waals surface area contributed by atoms with Crippen molar-refractivity contribution in [2.75, 3.05) is 26.2 Å². The van der Waals surface area contributed by atoms with Gasteiger partial charge in [-0.15, -0.1) is 0 Å². The van der Waals surface area contributed by atoms with Gasteiger partial charge in [-0.1, -0.05) is 12.5 Å². The van der Waals surface area contributed by atoms with Crippen molar-refractivity contribution in [3.63, 3.8) is 0 Å². The van der Waals surface area contributed by atoms with Gasteiger partial charge in [-0.2, -0.15) is 4.31 Å². The van der Waals surface area contributed by atoms with Gasteiger partial charge >= 0.3 is 0 Å². The molecule has 1 amide bonds. The molecular weight excluding hydrogens is 383 g/mol. The molecule has 0 atom stereocenters. The molecule has 1 N–H and O–H groups in total. The summed E-state index contributed by atoms with van der Waals surface area (Å²) in [5.41, 5.74) is 0.278. The molecule has 1 fully saturated rings. The van der Waals surface area contributed by atoms with Crippen LogP contribution < -0.4 is 10.1 Å². The molecule has 2 aromatic carbocycles. The number of hydrogen-bond donors (Lipinski definition) is 1. The van der Waals surface area contributed by atoms with Crippen LogP contribution >= 0.6 is 0 Å². The minimum Gasteiger partial charge on any atom is -0.492 e. The van der Waals surface area contributed by atoms with Crippen molar-refractivity contribution in [1.29, 1.82) is 0 Å². The van der Waals surface area contributed by atoms with Crippen LogP contribution in [0.3, 0.4) is 0 Å². The summed E-state index contributed by atoms with van der Waals surface area (Å²) >= 11 is 0. The molecule has 0 unspecified atom stereocenters. The summed E-state index contributed by atoms with van der Waals surface area (Å²) in [6, 6.07) is 11.7. The molecule has 0 aromatic heterocycles. The second-order valence-electron chi connectivity index (χ2n) is 6.55. The Morgan fingerprint density at radius 1 is 1.07 bits per heavy atom. The van der Waals surface area contributed by atoms with Gasteiger partial charge < -0.3 is 10.1 Å². The molecule has 0 bridgehead atoms. The van der Waals surface area contributed by atoms with E-state index in [-0.39, 0.29) is 35.3 Å². The van der Waals surface area contributed by atoms with Gasteiger partial charge in [0.05, 0.1) is 11.4 Å². The number of carbonyl (C=O) groups is 1. The van der Waals surface area contributed by atoms with Crippen molar-refractivity contribution < 1.29 is 22.3 Å². The summed E-state index contributed by atoms with van der Waals surface area (Å²) in [7, 11) is -3.58. The number of amides is 1. The van der Waals surface area contributed by atoms with Crippen LogP contribution in [-0.2, 0) is 10.0 Å². The van der Waals surface area contributed by atoms with Crippen LogP contribution in [0.2, 0.25) is 0 Å². The van der Waals surface area contributed by atoms with Gasteiger partial charge in [-0.25, -0.2) is 12.8 Å². The van der Waals surface area contributed by atoms with E-state index in [1.165, 1.54) is 40.7 Å². The Kier molecular flexibility index (Phi) is 6.64. The summed E-state index contributed by atoms with van der Waals surface area (Å²) in [5.74, 6) is -0.219. The molecule has 1 heterocycles. The van der Waals surface area contributed by atoms with Gasteiger partial charge in [0, 0.05) is 18.7 Å². The number of hydrogen-bond acceptors (Lipinski definition) is 4. The maximum Gasteiger partial charge on any atom is 0.251 e. The van der Waals surface area contributed by atoms with Gasteiger partial charge in [0.25, 0.3) is 5.91 Å². The molecule has 0 saturated carbocycles. The summed E-state index contributed by atoms with van der Waals surface area (Å²) in [6.45, 7) is 1.47. The lowest BCUT2D eigenvalue weighted by Gasteiger charge is -2.26. The molecule has 3 rings (SSSR count). The first kappa shape index (κ1) is 20.3. The first-order valence-electron chi connectivity index (χ1n) is 9.23. The van der Waals surface area contributed by atoms with Crippen LogP contribution in [0.5, 0.6) is 5.75 Å². The Bertz CT molecular complexity index is 910. The van der Waals surface area contributed by atoms with Crippen molar-refractivity contribution >= 4 is 15.9 Å². The molecule has 6 nitrogen and oxygen atoms in total. The van der Waals surface area contributed by atoms with E-state index in [4.69, 9.17) is 4.74 Å². The summed E-state index contributed by atoms with van der Waals surface area (Å²) in [6.07, 6.45) is 2.75. The maximum atomic E-state index is 12.8. The average Bonchev–Trinajstić information content (AvgIpc) is 2.73. The Morgan fingerprint density at radius 3 is 2.50 bits per heavy atom. The monoisotopic (exact) mass is 406 g/mol. The third-order valence-electron chi connectivity index (χ3n) is 4.52. The molecule has 1 saturated heterocycles. The standard InChI is InChI=1S/C20H23FN2O4S/c21-17-7-9-18(10-8-17)27-14-11-22-20(24)16-5-4-6-19(15-16)28(25,26)23-12-2-1-3-13-23/h4-10,15H,1-3,11-14H2,(H,22,24). The number of ether oxygens (including phenoxy) is 1. The smallest absolute Gasteiger partial charge is 0.251 e. The number of piperidine rings is 1. The lowest BCUT2D eigenvalue weighted by atomic mass is 10.2. The molecule has 8 heteroatoms. The van der Waals surface area contributed by atoms with Crippen LogP contribution in [0.4, 0.5) is 4.39 Å². The zero-order valence-corrected chi connectivity index (χ0v) is 16.3. The number of nitrogens with one attached hydrogen (secondary N) is 1. The van der Waals surface area contributed by atoms with Gasteiger partial charge in [-0.3, -0.25) is 4.79 Å². The van der Waals surface area contributed by atoms with Crippen molar-refractivity contribution in [3.05, 3.63) is 59.9 Å². The van der Waals surface area contributed by atoms with Crippen molar-refractivity contribution in [2.45, 2.75) is 24.2 Å². The first-order chi connectivity index (χ1) is 13.5. The Balaban J connectivity index is 1.56. The van der Waals surface area contributed by atoms with Gasteiger partial charge in [-0.05, 0) is 55.3 Å². The lowest BCUT2D eigenvalue weighted by molar-refractivity contribution is 0.0947. The molecule has 1 aliphatic rings. The van der Waals surface area contributed by atoms with E-state index in [2.05, 4.69) is 5.32 Å². The van der Waals surface area contributed by atoms with E-state index < -0.39 is 10.0 Å². The topological polar surface area (TPSA) is 75.7 Å². The quantitative estimate of drug-likeness (QED) is 0.718. The predicted octanol–water partition coefficient (Wildman–Crippen LogP) is 2.81. The van der Waals surface area contributed by atoms with E-state index in [1.54, 1.807) is 12.1 Å². The number of benzene rings is 2. The molecule has 0 radical (unpaired) electrons. The second kappa shape index (κ2) is 9.16. The van der Waals surface area contributed by atoms with E-state index in [0.29, 0.717) is 18.8 Å². The number of halogens is 1. The van der Waals surface area contributed by atoms with E-state index >= 15 is 0 Å². The first-order valence-corrected chi connectivity index (χ1v) is 10.7. The highest BCUT2D eigenvalue weighted by Gasteiger charge is 2.26. The predicted molar refractivity (Wildman–Crippen MR) is 103 cm³/mol. The van der Waals surface area contributed by atoms with Gasteiger partial charge in [0.1, 0.15) is 18.2 Å². The SMILES string of the molecule is O=C(NCCOc1ccc(F)cc1)c1cccc(S(=O)(=O)N2CCCCC2)c1. The zero-order chi connectivity index (χ0) is 20.0. The second-order valence-corrected chi connectivity index (χ2v) is 8.49.